The Morgan fingerprint density at radius 3 is 2.44 bits per heavy atom. The molecular weight excluding hydrogens is 364 g/mol. The number of para-hydroxylation sites is 1. The Kier molecular flexibility index (Phi) is 5.82. The van der Waals surface area contributed by atoms with Gasteiger partial charge in [0, 0.05) is 30.6 Å². The largest absolute Gasteiger partial charge is 0.493 e. The van der Waals surface area contributed by atoms with Crippen LogP contribution in [0.1, 0.15) is 42.2 Å². The van der Waals surface area contributed by atoms with Crippen molar-refractivity contribution in [1.82, 2.24) is 9.62 Å². The molecule has 0 bridgehead atoms. The Hall–Kier alpha value is -2.38. The highest BCUT2D eigenvalue weighted by atomic mass is 32.2. The van der Waals surface area contributed by atoms with E-state index in [-0.39, 0.29) is 16.8 Å². The molecule has 0 unspecified atom stereocenters. The van der Waals surface area contributed by atoms with E-state index in [1.807, 2.05) is 24.3 Å². The van der Waals surface area contributed by atoms with Gasteiger partial charge in [-0.2, -0.15) is 4.31 Å². The number of rotatable bonds is 6. The first-order valence-electron chi connectivity index (χ1n) is 9.10. The molecule has 1 aliphatic heterocycles. The maximum Gasteiger partial charge on any atom is 0.251 e. The molecule has 144 valence electrons. The Morgan fingerprint density at radius 1 is 1.11 bits per heavy atom. The van der Waals surface area contributed by atoms with Crippen molar-refractivity contribution in [2.75, 3.05) is 19.7 Å². The summed E-state index contributed by atoms with van der Waals surface area (Å²) in [7, 11) is -3.53. The van der Waals surface area contributed by atoms with Gasteiger partial charge in [0.15, 0.2) is 0 Å². The summed E-state index contributed by atoms with van der Waals surface area (Å²) in [5.74, 6) is 0.554. The van der Waals surface area contributed by atoms with Crippen molar-refractivity contribution < 1.29 is 17.9 Å². The molecule has 0 radical (unpaired) electrons. The third kappa shape index (κ3) is 3.99. The van der Waals surface area contributed by atoms with Crippen LogP contribution in [0.5, 0.6) is 5.75 Å². The number of amides is 1. The topological polar surface area (TPSA) is 75.7 Å². The predicted octanol–water partition coefficient (Wildman–Crippen LogP) is 2.97. The number of ether oxygens (including phenoxy) is 1. The van der Waals surface area contributed by atoms with Gasteiger partial charge in [0.2, 0.25) is 10.0 Å². The van der Waals surface area contributed by atoms with Gasteiger partial charge in [-0.15, -0.1) is 0 Å². The van der Waals surface area contributed by atoms with Crippen molar-refractivity contribution in [2.24, 2.45) is 0 Å². The molecule has 3 rings (SSSR count). The number of carbonyl (C=O) groups excluding carboxylic acids is 1. The maximum absolute atomic E-state index is 12.6. The number of hydrogen-bond acceptors (Lipinski definition) is 4. The molecule has 6 nitrogen and oxygen atoms in total. The van der Waals surface area contributed by atoms with Gasteiger partial charge >= 0.3 is 0 Å². The van der Waals surface area contributed by atoms with Crippen molar-refractivity contribution in [2.45, 2.75) is 31.2 Å². The highest BCUT2D eigenvalue weighted by Gasteiger charge is 2.24. The Labute approximate surface area is 160 Å². The number of sulfonamides is 1. The average Bonchev–Trinajstić information content (AvgIpc) is 2.69. The van der Waals surface area contributed by atoms with Crippen molar-refractivity contribution in [3.63, 3.8) is 0 Å². The third-order valence-corrected chi connectivity index (χ3v) is 6.79. The number of nitrogens with zero attached hydrogens (tertiary/aromatic N) is 1. The minimum atomic E-state index is -3.53. The first-order valence-corrected chi connectivity index (χ1v) is 10.5. The summed E-state index contributed by atoms with van der Waals surface area (Å²) >= 11 is 0. The Balaban J connectivity index is 1.76. The van der Waals surface area contributed by atoms with Gasteiger partial charge < -0.3 is 10.1 Å². The molecule has 7 heteroatoms. The van der Waals surface area contributed by atoms with E-state index in [0.717, 1.165) is 11.3 Å². The fraction of sp³-hybridized carbons (Fsp3) is 0.350. The lowest BCUT2D eigenvalue weighted by Gasteiger charge is -2.26. The van der Waals surface area contributed by atoms with Gasteiger partial charge in [-0.3, -0.25) is 4.79 Å². The quantitative estimate of drug-likeness (QED) is 0.825. The van der Waals surface area contributed by atoms with Crippen LogP contribution in [0.15, 0.2) is 53.4 Å². The zero-order valence-electron chi connectivity index (χ0n) is 15.5. The maximum atomic E-state index is 12.6. The van der Waals surface area contributed by atoms with Gasteiger partial charge in [0.1, 0.15) is 5.75 Å². The fourth-order valence-electron chi connectivity index (χ4n) is 3.22. The predicted molar refractivity (Wildman–Crippen MR) is 103 cm³/mol. The van der Waals surface area contributed by atoms with E-state index in [4.69, 9.17) is 4.74 Å². The number of hydrogen-bond donors (Lipinski definition) is 1. The first-order chi connectivity index (χ1) is 13.0. The van der Waals surface area contributed by atoms with Gasteiger partial charge in [-0.25, -0.2) is 8.42 Å². The van der Waals surface area contributed by atoms with Crippen LogP contribution in [0.2, 0.25) is 0 Å². The van der Waals surface area contributed by atoms with E-state index in [1.165, 1.54) is 16.4 Å². The van der Waals surface area contributed by atoms with Crippen LogP contribution in [0.25, 0.3) is 0 Å². The molecule has 1 aliphatic rings. The molecule has 1 N–H and O–H groups in total. The smallest absolute Gasteiger partial charge is 0.251 e. The summed E-state index contributed by atoms with van der Waals surface area (Å²) in [5.41, 5.74) is 1.38. The average molecular weight is 388 g/mol. The molecule has 0 aromatic heterocycles. The molecular formula is C20H24N2O4S. The standard InChI is InChI=1S/C20H24N2O4S/c1-3-22(4-2)27(24,25)16-11-9-15(10-12-16)20(23)21-18-13-14-26-19-8-6-5-7-17(18)19/h5-12,18H,3-4,13-14H2,1-2H3,(H,21,23)/t18-/m0/s1. The van der Waals surface area contributed by atoms with Crippen LogP contribution in [-0.2, 0) is 10.0 Å². The summed E-state index contributed by atoms with van der Waals surface area (Å²) in [4.78, 5) is 12.8. The lowest BCUT2D eigenvalue weighted by Crippen LogP contribution is -2.32. The lowest BCUT2D eigenvalue weighted by molar-refractivity contribution is 0.0924. The van der Waals surface area contributed by atoms with Crippen molar-refractivity contribution in [1.29, 1.82) is 0 Å². The minimum Gasteiger partial charge on any atom is -0.493 e. The number of fused-ring (bicyclic) bond motifs is 1. The number of benzene rings is 2. The van der Waals surface area contributed by atoms with Crippen LogP contribution < -0.4 is 10.1 Å². The summed E-state index contributed by atoms with van der Waals surface area (Å²) in [6.45, 7) is 4.96. The van der Waals surface area contributed by atoms with Crippen molar-refractivity contribution in [3.8, 4) is 5.75 Å². The molecule has 1 atom stereocenters. The zero-order valence-corrected chi connectivity index (χ0v) is 16.3. The number of nitrogens with one attached hydrogen (secondary N) is 1. The second-order valence-electron chi connectivity index (χ2n) is 6.31. The molecule has 1 heterocycles. The fourth-order valence-corrected chi connectivity index (χ4v) is 4.68. The van der Waals surface area contributed by atoms with Crippen molar-refractivity contribution >= 4 is 15.9 Å². The van der Waals surface area contributed by atoms with Gasteiger partial charge in [-0.05, 0) is 30.3 Å². The first kappa shape index (κ1) is 19.4. The Bertz CT molecular complexity index is 906. The third-order valence-electron chi connectivity index (χ3n) is 4.72. The minimum absolute atomic E-state index is 0.124. The Morgan fingerprint density at radius 2 is 1.78 bits per heavy atom. The molecule has 0 spiro atoms. The molecule has 0 aliphatic carbocycles. The molecule has 27 heavy (non-hydrogen) atoms. The molecule has 0 saturated carbocycles. The summed E-state index contributed by atoms with van der Waals surface area (Å²) in [6.07, 6.45) is 0.692. The van der Waals surface area contributed by atoms with Crippen LogP contribution in [0.3, 0.4) is 0 Å². The highest BCUT2D eigenvalue weighted by molar-refractivity contribution is 7.89. The SMILES string of the molecule is CCN(CC)S(=O)(=O)c1ccc(C(=O)N[C@H]2CCOc3ccccc32)cc1. The lowest BCUT2D eigenvalue weighted by atomic mass is 10.00. The molecule has 1 amide bonds. The summed E-state index contributed by atoms with van der Waals surface area (Å²) in [6, 6.07) is 13.6. The van der Waals surface area contributed by atoms with Gasteiger partial charge in [0.05, 0.1) is 17.5 Å². The monoisotopic (exact) mass is 388 g/mol. The molecule has 2 aromatic carbocycles. The van der Waals surface area contributed by atoms with E-state index >= 15 is 0 Å². The van der Waals surface area contributed by atoms with E-state index in [0.29, 0.717) is 31.7 Å². The molecule has 0 saturated heterocycles. The summed E-state index contributed by atoms with van der Waals surface area (Å²) in [5, 5.41) is 3.02. The second kappa shape index (κ2) is 8.10. The van der Waals surface area contributed by atoms with Crippen LogP contribution in [-0.4, -0.2) is 38.3 Å². The van der Waals surface area contributed by atoms with Gasteiger partial charge in [-0.1, -0.05) is 32.0 Å². The normalized spacial score (nSPS) is 16.5. The van der Waals surface area contributed by atoms with E-state index in [2.05, 4.69) is 5.32 Å². The van der Waals surface area contributed by atoms with Crippen LogP contribution in [0, 0.1) is 0 Å². The van der Waals surface area contributed by atoms with Crippen LogP contribution in [0.4, 0.5) is 0 Å². The number of carbonyl (C=O) groups is 1. The molecule has 2 aromatic rings. The summed E-state index contributed by atoms with van der Waals surface area (Å²) < 4.78 is 32.1. The van der Waals surface area contributed by atoms with E-state index < -0.39 is 10.0 Å². The second-order valence-corrected chi connectivity index (χ2v) is 8.25. The van der Waals surface area contributed by atoms with E-state index in [9.17, 15) is 13.2 Å². The van der Waals surface area contributed by atoms with Crippen molar-refractivity contribution in [3.05, 3.63) is 59.7 Å². The zero-order chi connectivity index (χ0) is 19.4. The van der Waals surface area contributed by atoms with Gasteiger partial charge in [0.25, 0.3) is 5.91 Å². The molecule has 0 fully saturated rings. The highest BCUT2D eigenvalue weighted by Crippen LogP contribution is 2.31. The van der Waals surface area contributed by atoms with E-state index in [1.54, 1.807) is 26.0 Å². The van der Waals surface area contributed by atoms with Crippen LogP contribution >= 0.6 is 0 Å².